The van der Waals surface area contributed by atoms with Crippen molar-refractivity contribution in [3.05, 3.63) is 95.1 Å². The third-order valence-corrected chi connectivity index (χ3v) is 6.60. The number of aromatic nitrogens is 1. The topological polar surface area (TPSA) is 119 Å². The summed E-state index contributed by atoms with van der Waals surface area (Å²) >= 11 is 6.13. The monoisotopic (exact) mass is 550 g/mol. The Morgan fingerprint density at radius 1 is 0.895 bits per heavy atom. The van der Waals surface area contributed by atoms with Gasteiger partial charge in [0, 0.05) is 22.5 Å². The second-order valence-corrected chi connectivity index (χ2v) is 10.9. The minimum absolute atomic E-state index is 0.229. The molecule has 38 heavy (non-hydrogen) atoms. The Morgan fingerprint density at radius 2 is 1.63 bits per heavy atom. The summed E-state index contributed by atoms with van der Waals surface area (Å²) in [5.74, 6) is -0.0869. The molecular weight excluding hydrogens is 528 g/mol. The zero-order valence-corrected chi connectivity index (χ0v) is 21.8. The van der Waals surface area contributed by atoms with Crippen LogP contribution in [0.5, 0.6) is 5.75 Å². The molecule has 2 amide bonds. The van der Waals surface area contributed by atoms with Crippen LogP contribution in [-0.4, -0.2) is 37.7 Å². The van der Waals surface area contributed by atoms with Gasteiger partial charge in [-0.25, -0.2) is 8.42 Å². The average Bonchev–Trinajstić information content (AvgIpc) is 3.19. The van der Waals surface area contributed by atoms with Gasteiger partial charge in [-0.05, 0) is 48.5 Å². The lowest BCUT2D eigenvalue weighted by Crippen LogP contribution is -2.13. The summed E-state index contributed by atoms with van der Waals surface area (Å²) in [7, 11) is -3.52. The number of benzene rings is 3. The molecule has 0 radical (unpaired) electrons. The molecule has 0 spiro atoms. The fourth-order valence-corrected chi connectivity index (χ4v) is 5.01. The number of hydrogen-bond donors (Lipinski definition) is 3. The Hall–Kier alpha value is -4.28. The Labute approximate surface area is 224 Å². The molecule has 5 rings (SSSR count). The van der Waals surface area contributed by atoms with Crippen molar-refractivity contribution in [3.8, 4) is 17.0 Å². The lowest BCUT2D eigenvalue weighted by molar-refractivity contribution is 0.101. The van der Waals surface area contributed by atoms with Gasteiger partial charge in [-0.15, -0.1) is 0 Å². The molecule has 3 N–H and O–H groups in total. The minimum atomic E-state index is -3.52. The molecule has 9 nitrogen and oxygen atoms in total. The largest absolute Gasteiger partial charge is 0.491 e. The van der Waals surface area contributed by atoms with Crippen molar-refractivity contribution in [2.45, 2.75) is 6.54 Å². The van der Waals surface area contributed by atoms with Gasteiger partial charge in [-0.1, -0.05) is 35.9 Å². The maximum Gasteiger partial charge on any atom is 0.257 e. The quantitative estimate of drug-likeness (QED) is 0.309. The second-order valence-electron chi connectivity index (χ2n) is 8.71. The average molecular weight is 551 g/mol. The molecule has 0 unspecified atom stereocenters. The standard InChI is InChI=1S/C27H23ClN4O5S/c1-38(35,36)31-21-14-19(28)13-20(15-21)29-27(34)18-12-23-25-22(30-26(33)17-6-3-2-4-7-17)8-5-9-24(25)37-11-10-32(23)16-18/h2-9,12-16,31H,10-11H2,1H3,(H,29,34)(H,30,33). The summed E-state index contributed by atoms with van der Waals surface area (Å²) in [5, 5.41) is 5.99. The first-order valence-electron chi connectivity index (χ1n) is 11.6. The van der Waals surface area contributed by atoms with Gasteiger partial charge in [-0.2, -0.15) is 0 Å². The van der Waals surface area contributed by atoms with E-state index < -0.39 is 15.9 Å². The number of rotatable bonds is 6. The fourth-order valence-electron chi connectivity index (χ4n) is 4.23. The van der Waals surface area contributed by atoms with Crippen molar-refractivity contribution >= 4 is 50.5 Å². The lowest BCUT2D eigenvalue weighted by atomic mass is 10.1. The SMILES string of the molecule is CS(=O)(=O)Nc1cc(Cl)cc(NC(=O)c2cc3n(c2)CCOc2cccc(NC(=O)c4ccccc4)c2-3)c1. The molecule has 3 aromatic carbocycles. The lowest BCUT2D eigenvalue weighted by Gasteiger charge is -2.14. The summed E-state index contributed by atoms with van der Waals surface area (Å²) in [6, 6.07) is 20.4. The molecule has 1 aliphatic rings. The zero-order chi connectivity index (χ0) is 26.9. The van der Waals surface area contributed by atoms with Crippen LogP contribution in [-0.2, 0) is 16.6 Å². The molecule has 0 fully saturated rings. The summed E-state index contributed by atoms with van der Waals surface area (Å²) in [6.07, 6.45) is 2.73. The van der Waals surface area contributed by atoms with Crippen molar-refractivity contribution in [1.29, 1.82) is 0 Å². The molecular formula is C27H23ClN4O5S. The van der Waals surface area contributed by atoms with Crippen LogP contribution in [0, 0.1) is 0 Å². The van der Waals surface area contributed by atoms with Gasteiger partial charge in [0.1, 0.15) is 12.4 Å². The van der Waals surface area contributed by atoms with Crippen molar-refractivity contribution in [2.24, 2.45) is 0 Å². The Kier molecular flexibility index (Phi) is 6.83. The third kappa shape index (κ3) is 5.66. The highest BCUT2D eigenvalue weighted by Crippen LogP contribution is 2.40. The molecule has 0 atom stereocenters. The number of hydrogen-bond acceptors (Lipinski definition) is 5. The summed E-state index contributed by atoms with van der Waals surface area (Å²) in [6.45, 7) is 0.865. The number of fused-ring (bicyclic) bond motifs is 3. The molecule has 2 heterocycles. The predicted molar refractivity (Wildman–Crippen MR) is 148 cm³/mol. The number of nitrogens with zero attached hydrogens (tertiary/aromatic N) is 1. The van der Waals surface area contributed by atoms with E-state index in [4.69, 9.17) is 16.3 Å². The van der Waals surface area contributed by atoms with Crippen LogP contribution in [0.2, 0.25) is 5.02 Å². The fraction of sp³-hybridized carbons (Fsp3) is 0.111. The van der Waals surface area contributed by atoms with Gasteiger partial charge >= 0.3 is 0 Å². The van der Waals surface area contributed by atoms with Crippen LogP contribution in [0.4, 0.5) is 17.1 Å². The third-order valence-electron chi connectivity index (χ3n) is 5.77. The predicted octanol–water partition coefficient (Wildman–Crippen LogP) is 5.08. The van der Waals surface area contributed by atoms with Crippen LogP contribution in [0.25, 0.3) is 11.3 Å². The number of nitrogens with one attached hydrogen (secondary N) is 3. The van der Waals surface area contributed by atoms with Crippen LogP contribution in [0.15, 0.2) is 79.0 Å². The first-order chi connectivity index (χ1) is 18.2. The van der Waals surface area contributed by atoms with E-state index in [-0.39, 0.29) is 16.6 Å². The van der Waals surface area contributed by atoms with Gasteiger partial charge in [0.2, 0.25) is 10.0 Å². The minimum Gasteiger partial charge on any atom is -0.491 e. The zero-order valence-electron chi connectivity index (χ0n) is 20.2. The van der Waals surface area contributed by atoms with E-state index in [1.165, 1.54) is 18.2 Å². The van der Waals surface area contributed by atoms with E-state index in [2.05, 4.69) is 15.4 Å². The maximum absolute atomic E-state index is 13.2. The number of sulfonamides is 1. The number of carbonyl (C=O) groups is 2. The van der Waals surface area contributed by atoms with Crippen molar-refractivity contribution in [2.75, 3.05) is 28.2 Å². The summed E-state index contributed by atoms with van der Waals surface area (Å²) in [5.41, 5.74) is 3.36. The summed E-state index contributed by atoms with van der Waals surface area (Å²) in [4.78, 5) is 26.1. The Balaban J connectivity index is 1.45. The molecule has 194 valence electrons. The molecule has 11 heteroatoms. The van der Waals surface area contributed by atoms with E-state index in [0.717, 1.165) is 6.26 Å². The Bertz CT molecular complexity index is 1650. The van der Waals surface area contributed by atoms with Crippen LogP contribution in [0.1, 0.15) is 20.7 Å². The first kappa shape index (κ1) is 25.4. The number of halogens is 1. The van der Waals surface area contributed by atoms with Gasteiger partial charge in [0.15, 0.2) is 0 Å². The molecule has 1 aromatic heterocycles. The molecule has 4 aromatic rings. The first-order valence-corrected chi connectivity index (χ1v) is 13.9. The molecule has 1 aliphatic heterocycles. The normalized spacial score (nSPS) is 12.4. The number of anilines is 3. The van der Waals surface area contributed by atoms with E-state index in [9.17, 15) is 18.0 Å². The van der Waals surface area contributed by atoms with Crippen molar-refractivity contribution < 1.29 is 22.7 Å². The van der Waals surface area contributed by atoms with Crippen LogP contribution < -0.4 is 20.1 Å². The highest BCUT2D eigenvalue weighted by molar-refractivity contribution is 7.92. The van der Waals surface area contributed by atoms with E-state index in [1.54, 1.807) is 48.7 Å². The number of ether oxygens (including phenoxy) is 1. The van der Waals surface area contributed by atoms with Crippen molar-refractivity contribution in [3.63, 3.8) is 0 Å². The highest BCUT2D eigenvalue weighted by Gasteiger charge is 2.23. The van der Waals surface area contributed by atoms with E-state index >= 15 is 0 Å². The van der Waals surface area contributed by atoms with E-state index in [1.807, 2.05) is 16.7 Å². The highest BCUT2D eigenvalue weighted by atomic mass is 35.5. The molecule has 0 saturated heterocycles. The maximum atomic E-state index is 13.2. The van der Waals surface area contributed by atoms with Gasteiger partial charge in [0.05, 0.1) is 41.0 Å². The number of amides is 2. The van der Waals surface area contributed by atoms with Gasteiger partial charge < -0.3 is 19.9 Å². The number of carbonyl (C=O) groups excluding carboxylic acids is 2. The van der Waals surface area contributed by atoms with E-state index in [0.29, 0.717) is 52.7 Å². The Morgan fingerprint density at radius 3 is 2.39 bits per heavy atom. The second kappa shape index (κ2) is 10.2. The van der Waals surface area contributed by atoms with Crippen LogP contribution >= 0.6 is 11.6 Å². The van der Waals surface area contributed by atoms with Crippen molar-refractivity contribution in [1.82, 2.24) is 4.57 Å². The van der Waals surface area contributed by atoms with Gasteiger partial charge in [-0.3, -0.25) is 14.3 Å². The molecule has 0 saturated carbocycles. The van der Waals surface area contributed by atoms with Gasteiger partial charge in [0.25, 0.3) is 11.8 Å². The summed E-state index contributed by atoms with van der Waals surface area (Å²) < 4.78 is 33.4. The smallest absolute Gasteiger partial charge is 0.257 e. The molecule has 0 bridgehead atoms. The van der Waals surface area contributed by atoms with Crippen LogP contribution in [0.3, 0.4) is 0 Å². The molecule has 0 aliphatic carbocycles.